The fraction of sp³-hybridized carbons (Fsp3) is 0.826. The Hall–Kier alpha value is -2.12. The van der Waals surface area contributed by atoms with Crippen molar-refractivity contribution in [3.8, 4) is 0 Å². The van der Waals surface area contributed by atoms with Gasteiger partial charge in [0, 0.05) is 32.1 Å². The number of urea groups is 1. The Morgan fingerprint density at radius 2 is 1.42 bits per heavy atom. The monoisotopic (exact) mass is 432 g/mol. The van der Waals surface area contributed by atoms with E-state index in [0.29, 0.717) is 50.6 Å². The molecule has 172 valence electrons. The number of carbonyl (C=O) groups excluding carboxylic acids is 4. The summed E-state index contributed by atoms with van der Waals surface area (Å²) in [6.07, 6.45) is 6.54. The molecule has 3 aliphatic heterocycles. The molecule has 0 atom stereocenters. The lowest BCUT2D eigenvalue weighted by atomic mass is 9.77. The van der Waals surface area contributed by atoms with Gasteiger partial charge in [0.2, 0.25) is 11.8 Å². The minimum Gasteiger partial charge on any atom is -0.342 e. The van der Waals surface area contributed by atoms with Gasteiger partial charge in [0.1, 0.15) is 12.1 Å². The number of hydrogen-bond donors (Lipinski definition) is 1. The maximum Gasteiger partial charge on any atom is 0.325 e. The van der Waals surface area contributed by atoms with Crippen LogP contribution in [-0.2, 0) is 14.4 Å². The van der Waals surface area contributed by atoms with E-state index >= 15 is 0 Å². The van der Waals surface area contributed by atoms with Gasteiger partial charge in [0.05, 0.1) is 0 Å². The molecule has 0 bridgehead atoms. The lowest BCUT2D eigenvalue weighted by Crippen LogP contribution is -2.51. The molecule has 4 fully saturated rings. The summed E-state index contributed by atoms with van der Waals surface area (Å²) in [6.45, 7) is 6.88. The van der Waals surface area contributed by atoms with Gasteiger partial charge in [-0.2, -0.15) is 0 Å². The zero-order valence-electron chi connectivity index (χ0n) is 18.9. The van der Waals surface area contributed by atoms with E-state index in [1.54, 1.807) is 4.90 Å². The molecule has 0 aromatic carbocycles. The summed E-state index contributed by atoms with van der Waals surface area (Å²) in [5.41, 5.74) is -0.810. The second-order valence-corrected chi connectivity index (χ2v) is 10.2. The van der Waals surface area contributed by atoms with Crippen LogP contribution in [0.15, 0.2) is 0 Å². The number of rotatable bonds is 3. The predicted octanol–water partition coefficient (Wildman–Crippen LogP) is 1.98. The number of piperidine rings is 2. The fourth-order valence-corrected chi connectivity index (χ4v) is 5.51. The van der Waals surface area contributed by atoms with E-state index in [2.05, 4.69) is 19.2 Å². The lowest BCUT2D eigenvalue weighted by molar-refractivity contribution is -0.143. The maximum absolute atomic E-state index is 13.0. The van der Waals surface area contributed by atoms with Crippen molar-refractivity contribution in [1.82, 2.24) is 20.0 Å². The van der Waals surface area contributed by atoms with E-state index in [0.717, 1.165) is 43.7 Å². The van der Waals surface area contributed by atoms with E-state index < -0.39 is 11.6 Å². The highest BCUT2D eigenvalue weighted by Gasteiger charge is 2.52. The molecule has 1 spiro atoms. The Morgan fingerprint density at radius 1 is 0.871 bits per heavy atom. The average Bonchev–Trinajstić information content (AvgIpc) is 3.00. The average molecular weight is 433 g/mol. The lowest BCUT2D eigenvalue weighted by Gasteiger charge is -2.37. The molecule has 1 saturated carbocycles. The summed E-state index contributed by atoms with van der Waals surface area (Å²) in [6, 6.07) is -0.447. The van der Waals surface area contributed by atoms with Crippen molar-refractivity contribution in [1.29, 1.82) is 0 Å². The van der Waals surface area contributed by atoms with Crippen LogP contribution in [0.3, 0.4) is 0 Å². The highest BCUT2D eigenvalue weighted by molar-refractivity contribution is 6.09. The molecule has 5 amide bonds. The first-order chi connectivity index (χ1) is 14.8. The molecule has 0 aromatic heterocycles. The molecule has 4 rings (SSSR count). The van der Waals surface area contributed by atoms with Crippen LogP contribution in [0.4, 0.5) is 4.79 Å². The smallest absolute Gasteiger partial charge is 0.325 e. The summed E-state index contributed by atoms with van der Waals surface area (Å²) >= 11 is 0. The third-order valence-corrected chi connectivity index (χ3v) is 7.96. The minimum atomic E-state index is -0.810. The number of hydrogen-bond acceptors (Lipinski definition) is 4. The molecule has 0 aromatic rings. The number of amides is 5. The standard InChI is InChI=1S/C23H36N4O4/c1-16-3-9-23(10-4-16)21(30)27(22(31)24-23)15-19(28)25-13-7-18(8-14-25)20(29)26-11-5-17(2)6-12-26/h16-18H,3-15H2,1-2H3,(H,24,31). The van der Waals surface area contributed by atoms with Gasteiger partial charge in [-0.3, -0.25) is 19.3 Å². The topological polar surface area (TPSA) is 90.0 Å². The van der Waals surface area contributed by atoms with Crippen LogP contribution in [0.25, 0.3) is 0 Å². The van der Waals surface area contributed by atoms with E-state index in [4.69, 9.17) is 0 Å². The molecule has 0 radical (unpaired) electrons. The number of nitrogens with zero attached hydrogens (tertiary/aromatic N) is 3. The largest absolute Gasteiger partial charge is 0.342 e. The van der Waals surface area contributed by atoms with Gasteiger partial charge in [-0.15, -0.1) is 0 Å². The predicted molar refractivity (Wildman–Crippen MR) is 115 cm³/mol. The van der Waals surface area contributed by atoms with Crippen molar-refractivity contribution >= 4 is 23.8 Å². The first-order valence-electron chi connectivity index (χ1n) is 12.0. The van der Waals surface area contributed by atoms with Gasteiger partial charge in [0.15, 0.2) is 0 Å². The minimum absolute atomic E-state index is 0.0262. The summed E-state index contributed by atoms with van der Waals surface area (Å²) < 4.78 is 0. The zero-order valence-corrected chi connectivity index (χ0v) is 18.9. The fourth-order valence-electron chi connectivity index (χ4n) is 5.51. The highest BCUT2D eigenvalue weighted by atomic mass is 16.2. The number of likely N-dealkylation sites (tertiary alicyclic amines) is 2. The maximum atomic E-state index is 13.0. The van der Waals surface area contributed by atoms with E-state index in [1.165, 1.54) is 0 Å². The van der Waals surface area contributed by atoms with Crippen LogP contribution in [0.5, 0.6) is 0 Å². The second-order valence-electron chi connectivity index (χ2n) is 10.2. The van der Waals surface area contributed by atoms with E-state index in [9.17, 15) is 19.2 Å². The number of nitrogens with one attached hydrogen (secondary N) is 1. The van der Waals surface area contributed by atoms with Crippen LogP contribution in [-0.4, -0.2) is 76.7 Å². The Bertz CT molecular complexity index is 730. The normalized spacial score (nSPS) is 30.8. The van der Waals surface area contributed by atoms with Crippen LogP contribution in [0, 0.1) is 17.8 Å². The van der Waals surface area contributed by atoms with Gasteiger partial charge in [-0.1, -0.05) is 13.8 Å². The molecule has 31 heavy (non-hydrogen) atoms. The van der Waals surface area contributed by atoms with Crippen molar-refractivity contribution < 1.29 is 19.2 Å². The molecule has 3 heterocycles. The quantitative estimate of drug-likeness (QED) is 0.691. The van der Waals surface area contributed by atoms with Crippen molar-refractivity contribution in [2.45, 2.75) is 70.8 Å². The zero-order chi connectivity index (χ0) is 22.2. The first kappa shape index (κ1) is 22.1. The van der Waals surface area contributed by atoms with Gasteiger partial charge < -0.3 is 15.1 Å². The molecule has 4 aliphatic rings. The third-order valence-electron chi connectivity index (χ3n) is 7.96. The molecule has 8 nitrogen and oxygen atoms in total. The van der Waals surface area contributed by atoms with E-state index in [1.807, 2.05) is 4.90 Å². The molecular formula is C23H36N4O4. The van der Waals surface area contributed by atoms with Gasteiger partial charge in [-0.05, 0) is 63.2 Å². The van der Waals surface area contributed by atoms with Gasteiger partial charge >= 0.3 is 6.03 Å². The summed E-state index contributed by atoms with van der Waals surface area (Å²) in [5.74, 6) is 0.987. The summed E-state index contributed by atoms with van der Waals surface area (Å²) in [5, 5.41) is 2.88. The SMILES string of the molecule is CC1CCN(C(=O)C2CCN(C(=O)CN3C(=O)NC4(CCC(C)CC4)C3=O)CC2)CC1. The molecule has 1 aliphatic carbocycles. The third kappa shape index (κ3) is 4.44. The van der Waals surface area contributed by atoms with E-state index in [-0.39, 0.29) is 30.2 Å². The molecule has 1 N–H and O–H groups in total. The van der Waals surface area contributed by atoms with Crippen molar-refractivity contribution in [2.24, 2.45) is 17.8 Å². The van der Waals surface area contributed by atoms with Crippen molar-refractivity contribution in [2.75, 3.05) is 32.7 Å². The molecule has 8 heteroatoms. The van der Waals surface area contributed by atoms with Gasteiger partial charge in [0.25, 0.3) is 5.91 Å². The Kier molecular flexibility index (Phi) is 6.26. The Morgan fingerprint density at radius 3 is 2.03 bits per heavy atom. The number of imide groups is 1. The summed E-state index contributed by atoms with van der Waals surface area (Å²) in [4.78, 5) is 55.9. The second kappa shape index (κ2) is 8.79. The Balaban J connectivity index is 1.28. The van der Waals surface area contributed by atoms with Gasteiger partial charge in [-0.25, -0.2) is 4.79 Å². The molecule has 3 saturated heterocycles. The van der Waals surface area contributed by atoms with Crippen LogP contribution >= 0.6 is 0 Å². The van der Waals surface area contributed by atoms with Crippen molar-refractivity contribution in [3.63, 3.8) is 0 Å². The Labute approximate surface area is 184 Å². The number of carbonyl (C=O) groups is 4. The highest BCUT2D eigenvalue weighted by Crippen LogP contribution is 2.36. The van der Waals surface area contributed by atoms with Crippen LogP contribution in [0.2, 0.25) is 0 Å². The summed E-state index contributed by atoms with van der Waals surface area (Å²) in [7, 11) is 0. The molecular weight excluding hydrogens is 396 g/mol. The van der Waals surface area contributed by atoms with Crippen molar-refractivity contribution in [3.05, 3.63) is 0 Å². The van der Waals surface area contributed by atoms with Crippen LogP contribution < -0.4 is 5.32 Å². The first-order valence-corrected chi connectivity index (χ1v) is 12.0. The van der Waals surface area contributed by atoms with Crippen LogP contribution in [0.1, 0.15) is 65.2 Å². The molecule has 0 unspecified atom stereocenters.